The number of carbonyl (C=O) groups is 2. The summed E-state index contributed by atoms with van der Waals surface area (Å²) in [6.07, 6.45) is 3.41. The number of hydrogen-bond acceptors (Lipinski definition) is 5. The lowest BCUT2D eigenvalue weighted by atomic mass is 10.1. The van der Waals surface area contributed by atoms with Crippen LogP contribution in [0.15, 0.2) is 36.7 Å². The van der Waals surface area contributed by atoms with Crippen LogP contribution in [0, 0.1) is 6.92 Å². The first-order valence-corrected chi connectivity index (χ1v) is 9.17. The smallest absolute Gasteiger partial charge is 0.242 e. The maximum atomic E-state index is 12.8. The van der Waals surface area contributed by atoms with Gasteiger partial charge in [0.05, 0.1) is 0 Å². The van der Waals surface area contributed by atoms with Gasteiger partial charge in [0.15, 0.2) is 0 Å². The average molecular weight is 388 g/mol. The number of amides is 2. The fourth-order valence-corrected chi connectivity index (χ4v) is 3.25. The highest BCUT2D eigenvalue weighted by Gasteiger charge is 2.25. The monoisotopic (exact) mass is 387 g/mol. The molecule has 0 bridgehead atoms. The van der Waals surface area contributed by atoms with Gasteiger partial charge in [0, 0.05) is 56.2 Å². The Kier molecular flexibility index (Phi) is 5.91. The van der Waals surface area contributed by atoms with Gasteiger partial charge in [-0.25, -0.2) is 9.97 Å². The van der Waals surface area contributed by atoms with Gasteiger partial charge in [-0.15, -0.1) is 0 Å². The third-order valence-electron chi connectivity index (χ3n) is 4.60. The molecule has 1 fully saturated rings. The van der Waals surface area contributed by atoms with Crippen LogP contribution in [0.3, 0.4) is 0 Å². The maximum Gasteiger partial charge on any atom is 0.242 e. The highest BCUT2D eigenvalue weighted by molar-refractivity contribution is 6.31. The summed E-state index contributed by atoms with van der Waals surface area (Å²) in [4.78, 5) is 38.7. The Morgan fingerprint density at radius 3 is 2.44 bits per heavy atom. The molecule has 142 valence electrons. The van der Waals surface area contributed by atoms with Gasteiger partial charge in [-0.3, -0.25) is 9.59 Å². The van der Waals surface area contributed by atoms with Gasteiger partial charge in [-0.1, -0.05) is 17.7 Å². The molecule has 0 radical (unpaired) electrons. The Balaban J connectivity index is 1.65. The molecule has 1 aliphatic rings. The Bertz CT molecular complexity index is 822. The number of aromatic nitrogens is 2. The Hall–Kier alpha value is -2.67. The second-order valence-corrected chi connectivity index (χ2v) is 6.89. The summed E-state index contributed by atoms with van der Waals surface area (Å²) in [5, 5.41) is 0.533. The highest BCUT2D eigenvalue weighted by Crippen LogP contribution is 2.24. The predicted molar refractivity (Wildman–Crippen MR) is 105 cm³/mol. The molecular formula is C19H22ClN5O2. The highest BCUT2D eigenvalue weighted by atomic mass is 35.5. The number of hydrogen-bond donors (Lipinski definition) is 0. The van der Waals surface area contributed by atoms with E-state index < -0.39 is 0 Å². The van der Waals surface area contributed by atoms with Crippen molar-refractivity contribution in [1.29, 1.82) is 0 Å². The topological polar surface area (TPSA) is 69.6 Å². The Morgan fingerprint density at radius 1 is 1.15 bits per heavy atom. The largest absolute Gasteiger partial charge is 0.338 e. The molecular weight excluding hydrogens is 366 g/mol. The molecule has 7 nitrogen and oxygen atoms in total. The number of aryl methyl sites for hydroxylation is 1. The zero-order valence-electron chi connectivity index (χ0n) is 15.4. The van der Waals surface area contributed by atoms with Crippen LogP contribution in [0.2, 0.25) is 5.02 Å². The van der Waals surface area contributed by atoms with Crippen molar-refractivity contribution in [2.45, 2.75) is 13.8 Å². The molecule has 0 unspecified atom stereocenters. The Labute approximate surface area is 163 Å². The van der Waals surface area contributed by atoms with Crippen molar-refractivity contribution in [3.63, 3.8) is 0 Å². The van der Waals surface area contributed by atoms with E-state index in [1.807, 2.05) is 17.9 Å². The van der Waals surface area contributed by atoms with Crippen LogP contribution in [0.25, 0.3) is 0 Å². The number of anilines is 2. The van der Waals surface area contributed by atoms with E-state index in [-0.39, 0.29) is 18.4 Å². The molecule has 8 heteroatoms. The van der Waals surface area contributed by atoms with Crippen molar-refractivity contribution >= 4 is 35.1 Å². The van der Waals surface area contributed by atoms with E-state index >= 15 is 0 Å². The van der Waals surface area contributed by atoms with Crippen molar-refractivity contribution in [3.8, 4) is 0 Å². The van der Waals surface area contributed by atoms with Gasteiger partial charge < -0.3 is 14.7 Å². The van der Waals surface area contributed by atoms with Gasteiger partial charge in [-0.2, -0.15) is 0 Å². The molecule has 2 amide bonds. The maximum absolute atomic E-state index is 12.8. The van der Waals surface area contributed by atoms with Crippen molar-refractivity contribution < 1.29 is 9.59 Å². The van der Waals surface area contributed by atoms with E-state index in [1.54, 1.807) is 35.5 Å². The number of halogens is 1. The van der Waals surface area contributed by atoms with E-state index in [2.05, 4.69) is 9.97 Å². The standard InChI is InChI=1S/C19H22ClN5O2/c1-14-4-5-16(20)12-17(14)25(15(2)26)13-18(27)23-8-10-24(11-9-23)19-21-6-3-7-22-19/h3-7,12H,8-11,13H2,1-2H3. The first kappa shape index (κ1) is 19.1. The molecule has 1 aliphatic heterocycles. The molecule has 0 aliphatic carbocycles. The molecule has 3 rings (SSSR count). The zero-order valence-corrected chi connectivity index (χ0v) is 16.2. The molecule has 2 heterocycles. The van der Waals surface area contributed by atoms with Crippen LogP contribution < -0.4 is 9.80 Å². The van der Waals surface area contributed by atoms with Crippen molar-refractivity contribution in [3.05, 3.63) is 47.2 Å². The molecule has 1 saturated heterocycles. The molecule has 0 spiro atoms. The van der Waals surface area contributed by atoms with Crippen LogP contribution in [0.4, 0.5) is 11.6 Å². The lowest BCUT2D eigenvalue weighted by Gasteiger charge is -2.35. The van der Waals surface area contributed by atoms with Gasteiger partial charge >= 0.3 is 0 Å². The van der Waals surface area contributed by atoms with E-state index in [0.29, 0.717) is 42.8 Å². The van der Waals surface area contributed by atoms with Gasteiger partial charge in [0.2, 0.25) is 17.8 Å². The van der Waals surface area contributed by atoms with Crippen LogP contribution in [-0.4, -0.2) is 59.4 Å². The molecule has 0 saturated carbocycles. The predicted octanol–water partition coefficient (Wildman–Crippen LogP) is 2.14. The lowest BCUT2D eigenvalue weighted by Crippen LogP contribution is -2.52. The van der Waals surface area contributed by atoms with E-state index in [4.69, 9.17) is 11.6 Å². The minimum Gasteiger partial charge on any atom is -0.338 e. The Morgan fingerprint density at radius 2 is 1.81 bits per heavy atom. The first-order chi connectivity index (χ1) is 13.0. The normalized spacial score (nSPS) is 14.2. The number of nitrogens with zero attached hydrogens (tertiary/aromatic N) is 5. The van der Waals surface area contributed by atoms with Gasteiger partial charge in [0.1, 0.15) is 6.54 Å². The molecule has 2 aromatic rings. The van der Waals surface area contributed by atoms with E-state index in [1.165, 1.54) is 11.8 Å². The summed E-state index contributed by atoms with van der Waals surface area (Å²) in [5.74, 6) is 0.396. The quantitative estimate of drug-likeness (QED) is 0.803. The molecule has 1 aromatic heterocycles. The lowest BCUT2D eigenvalue weighted by molar-refractivity contribution is -0.131. The number of rotatable bonds is 4. The van der Waals surface area contributed by atoms with Crippen molar-refractivity contribution in [2.24, 2.45) is 0 Å². The minimum atomic E-state index is -0.190. The third kappa shape index (κ3) is 4.54. The molecule has 27 heavy (non-hydrogen) atoms. The van der Waals surface area contributed by atoms with Crippen LogP contribution in [-0.2, 0) is 9.59 Å². The summed E-state index contributed by atoms with van der Waals surface area (Å²) < 4.78 is 0. The second-order valence-electron chi connectivity index (χ2n) is 6.45. The molecule has 0 atom stereocenters. The third-order valence-corrected chi connectivity index (χ3v) is 4.84. The molecule has 1 aromatic carbocycles. The number of carbonyl (C=O) groups excluding carboxylic acids is 2. The summed E-state index contributed by atoms with van der Waals surface area (Å²) in [6, 6.07) is 7.11. The summed E-state index contributed by atoms with van der Waals surface area (Å²) in [5.41, 5.74) is 1.56. The van der Waals surface area contributed by atoms with Gasteiger partial charge in [-0.05, 0) is 30.7 Å². The minimum absolute atomic E-state index is 0.00163. The summed E-state index contributed by atoms with van der Waals surface area (Å²) in [6.45, 7) is 5.80. The first-order valence-electron chi connectivity index (χ1n) is 8.79. The molecule has 0 N–H and O–H groups in total. The number of benzene rings is 1. The second kappa shape index (κ2) is 8.35. The van der Waals surface area contributed by atoms with E-state index in [9.17, 15) is 9.59 Å². The van der Waals surface area contributed by atoms with Crippen LogP contribution in [0.1, 0.15) is 12.5 Å². The summed E-state index contributed by atoms with van der Waals surface area (Å²) in [7, 11) is 0. The fraction of sp³-hybridized carbons (Fsp3) is 0.368. The van der Waals surface area contributed by atoms with Crippen LogP contribution in [0.5, 0.6) is 0 Å². The van der Waals surface area contributed by atoms with Crippen LogP contribution >= 0.6 is 11.6 Å². The van der Waals surface area contributed by atoms with Crippen molar-refractivity contribution in [1.82, 2.24) is 14.9 Å². The van der Waals surface area contributed by atoms with Crippen molar-refractivity contribution in [2.75, 3.05) is 42.5 Å². The average Bonchev–Trinajstić information content (AvgIpc) is 2.68. The van der Waals surface area contributed by atoms with Gasteiger partial charge in [0.25, 0.3) is 0 Å². The van der Waals surface area contributed by atoms with E-state index in [0.717, 1.165) is 5.56 Å². The summed E-state index contributed by atoms with van der Waals surface area (Å²) >= 11 is 6.07. The SMILES string of the molecule is CC(=O)N(CC(=O)N1CCN(c2ncccn2)CC1)c1cc(Cl)ccc1C. The zero-order chi connectivity index (χ0) is 19.4. The fourth-order valence-electron chi connectivity index (χ4n) is 3.09. The number of piperazine rings is 1.